The van der Waals surface area contributed by atoms with E-state index in [0.29, 0.717) is 18.9 Å². The van der Waals surface area contributed by atoms with Gasteiger partial charge in [0.2, 0.25) is 0 Å². The third-order valence-corrected chi connectivity index (χ3v) is 4.10. The Bertz CT molecular complexity index is 744. The summed E-state index contributed by atoms with van der Waals surface area (Å²) >= 11 is 0. The molecule has 7 heteroatoms. The highest BCUT2D eigenvalue weighted by molar-refractivity contribution is 5.94. The second-order valence-electron chi connectivity index (χ2n) is 5.82. The lowest BCUT2D eigenvalue weighted by Crippen LogP contribution is -2.41. The molecule has 2 aromatic rings. The van der Waals surface area contributed by atoms with Crippen LogP contribution < -0.4 is 0 Å². The molecule has 1 amide bonds. The minimum atomic E-state index is -0.829. The number of benzene rings is 1. The predicted octanol–water partition coefficient (Wildman–Crippen LogP) is 2.65. The van der Waals surface area contributed by atoms with E-state index >= 15 is 0 Å². The van der Waals surface area contributed by atoms with Gasteiger partial charge >= 0.3 is 0 Å². The molecule has 2 heterocycles. The van der Waals surface area contributed by atoms with Crippen LogP contribution in [0.4, 0.5) is 8.78 Å². The number of carbonyl (C=O) groups is 1. The predicted molar refractivity (Wildman–Crippen MR) is 80.0 cm³/mol. The lowest BCUT2D eigenvalue weighted by molar-refractivity contribution is 0.0666. The van der Waals surface area contributed by atoms with Crippen molar-refractivity contribution in [3.8, 4) is 0 Å². The van der Waals surface area contributed by atoms with Gasteiger partial charge in [-0.15, -0.1) is 0 Å². The Balaban J connectivity index is 1.80. The fraction of sp³-hybridized carbons (Fsp3) is 0.438. The van der Waals surface area contributed by atoms with E-state index in [9.17, 15) is 13.6 Å². The molecule has 1 aromatic heterocycles. The van der Waals surface area contributed by atoms with Crippen molar-refractivity contribution in [2.45, 2.75) is 32.7 Å². The van der Waals surface area contributed by atoms with Gasteiger partial charge in [0.1, 0.15) is 23.3 Å². The lowest BCUT2D eigenvalue weighted by atomic mass is 10.0. The largest absolute Gasteiger partial charge is 0.336 e. The molecule has 1 atom stereocenters. The molecule has 3 rings (SSSR count). The fourth-order valence-corrected chi connectivity index (χ4v) is 3.05. The van der Waals surface area contributed by atoms with Crippen molar-refractivity contribution in [2.24, 2.45) is 0 Å². The number of halogens is 2. The monoisotopic (exact) mass is 320 g/mol. The van der Waals surface area contributed by atoms with Crippen molar-refractivity contribution in [3.05, 3.63) is 47.0 Å². The number of nitrogens with zero attached hydrogens (tertiary/aromatic N) is 4. The van der Waals surface area contributed by atoms with Crippen LogP contribution in [0.25, 0.3) is 0 Å². The van der Waals surface area contributed by atoms with Gasteiger partial charge in [-0.25, -0.2) is 18.4 Å². The maximum absolute atomic E-state index is 13.8. The number of aryl methyl sites for hydroxylation is 2. The molecule has 1 fully saturated rings. The first-order valence-electron chi connectivity index (χ1n) is 7.60. The Morgan fingerprint density at radius 2 is 2.09 bits per heavy atom. The van der Waals surface area contributed by atoms with Crippen LogP contribution in [-0.2, 0) is 0 Å². The summed E-state index contributed by atoms with van der Waals surface area (Å²) in [6, 6.07) is 3.06. The summed E-state index contributed by atoms with van der Waals surface area (Å²) in [7, 11) is 0. The molecule has 1 aliphatic heterocycles. The smallest absolute Gasteiger partial charge is 0.256 e. The van der Waals surface area contributed by atoms with Crippen molar-refractivity contribution < 1.29 is 13.6 Å². The summed E-state index contributed by atoms with van der Waals surface area (Å²) in [6.45, 7) is 4.70. The number of carbonyl (C=O) groups excluding carboxylic acids is 1. The molecule has 1 aliphatic rings. The van der Waals surface area contributed by atoms with Crippen LogP contribution in [-0.4, -0.2) is 38.7 Å². The van der Waals surface area contributed by atoms with E-state index in [1.165, 1.54) is 6.07 Å². The quantitative estimate of drug-likeness (QED) is 0.855. The van der Waals surface area contributed by atoms with Gasteiger partial charge in [0, 0.05) is 19.2 Å². The summed E-state index contributed by atoms with van der Waals surface area (Å²) in [6.07, 6.45) is 1.69. The molecule has 23 heavy (non-hydrogen) atoms. The van der Waals surface area contributed by atoms with Crippen molar-refractivity contribution in [3.63, 3.8) is 0 Å². The molecule has 0 unspecified atom stereocenters. The first kappa shape index (κ1) is 15.6. The third-order valence-electron chi connectivity index (χ3n) is 4.10. The van der Waals surface area contributed by atoms with Crippen LogP contribution >= 0.6 is 0 Å². The van der Waals surface area contributed by atoms with Gasteiger partial charge in [-0.3, -0.25) is 4.79 Å². The number of hydrogen-bond acceptors (Lipinski definition) is 3. The first-order chi connectivity index (χ1) is 11.0. The molecule has 0 saturated carbocycles. The minimum absolute atomic E-state index is 0.0254. The van der Waals surface area contributed by atoms with Gasteiger partial charge in [0.15, 0.2) is 0 Å². The summed E-state index contributed by atoms with van der Waals surface area (Å²) in [5.74, 6) is -0.443. The Morgan fingerprint density at radius 1 is 1.30 bits per heavy atom. The average molecular weight is 320 g/mol. The molecule has 122 valence electrons. The Labute approximate surface area is 132 Å². The highest BCUT2D eigenvalue weighted by Gasteiger charge is 2.28. The zero-order chi connectivity index (χ0) is 16.6. The zero-order valence-corrected chi connectivity index (χ0v) is 13.1. The summed E-state index contributed by atoms with van der Waals surface area (Å²) in [4.78, 5) is 18.4. The van der Waals surface area contributed by atoms with Crippen LogP contribution in [0.1, 0.15) is 40.9 Å². The maximum Gasteiger partial charge on any atom is 0.256 e. The Kier molecular flexibility index (Phi) is 4.11. The van der Waals surface area contributed by atoms with Gasteiger partial charge in [-0.05, 0) is 38.8 Å². The van der Waals surface area contributed by atoms with Gasteiger partial charge < -0.3 is 4.90 Å². The number of amides is 1. The van der Waals surface area contributed by atoms with Gasteiger partial charge in [0.25, 0.3) is 5.91 Å². The lowest BCUT2D eigenvalue weighted by Gasteiger charge is -2.33. The zero-order valence-electron chi connectivity index (χ0n) is 13.1. The Hall–Kier alpha value is -2.31. The highest BCUT2D eigenvalue weighted by Crippen LogP contribution is 2.24. The van der Waals surface area contributed by atoms with Crippen LogP contribution in [0.15, 0.2) is 18.2 Å². The van der Waals surface area contributed by atoms with Crippen LogP contribution in [0.3, 0.4) is 0 Å². The minimum Gasteiger partial charge on any atom is -0.336 e. The summed E-state index contributed by atoms with van der Waals surface area (Å²) in [5, 5.41) is 4.37. The van der Waals surface area contributed by atoms with Crippen LogP contribution in [0, 0.1) is 25.5 Å². The molecule has 5 nitrogen and oxygen atoms in total. The topological polar surface area (TPSA) is 51.0 Å². The molecule has 0 bridgehead atoms. The third kappa shape index (κ3) is 3.09. The summed E-state index contributed by atoms with van der Waals surface area (Å²) in [5.41, 5.74) is -0.0986. The number of likely N-dealkylation sites (tertiary alicyclic amines) is 1. The second-order valence-corrected chi connectivity index (χ2v) is 5.82. The Morgan fingerprint density at radius 3 is 2.74 bits per heavy atom. The molecular weight excluding hydrogens is 302 g/mol. The summed E-state index contributed by atoms with van der Waals surface area (Å²) < 4.78 is 28.7. The normalized spacial score (nSPS) is 18.3. The number of rotatable bonds is 2. The molecule has 0 N–H and O–H groups in total. The molecule has 0 spiro atoms. The number of piperidine rings is 1. The van der Waals surface area contributed by atoms with E-state index in [0.717, 1.165) is 30.8 Å². The van der Waals surface area contributed by atoms with Gasteiger partial charge in [-0.1, -0.05) is 0 Å². The number of hydrogen-bond donors (Lipinski definition) is 0. The van der Waals surface area contributed by atoms with Crippen molar-refractivity contribution in [1.29, 1.82) is 0 Å². The van der Waals surface area contributed by atoms with Crippen LogP contribution in [0.2, 0.25) is 0 Å². The molecule has 0 radical (unpaired) electrons. The first-order valence-corrected chi connectivity index (χ1v) is 7.60. The average Bonchev–Trinajstić information content (AvgIpc) is 2.85. The molecule has 1 aromatic carbocycles. The van der Waals surface area contributed by atoms with E-state index < -0.39 is 17.5 Å². The standard InChI is InChI=1S/C16H18F2N4O/c1-10-19-11(2)22(20-10)13-4-3-7-21(9-13)16(23)14-6-5-12(17)8-15(14)18/h5-6,8,13H,3-4,7,9H2,1-2H3/t13-/m1/s1. The van der Waals surface area contributed by atoms with Crippen LogP contribution in [0.5, 0.6) is 0 Å². The van der Waals surface area contributed by atoms with E-state index in [-0.39, 0.29) is 11.6 Å². The van der Waals surface area contributed by atoms with Crippen molar-refractivity contribution in [2.75, 3.05) is 13.1 Å². The van der Waals surface area contributed by atoms with E-state index in [1.54, 1.807) is 4.90 Å². The highest BCUT2D eigenvalue weighted by atomic mass is 19.1. The van der Waals surface area contributed by atoms with Gasteiger partial charge in [0.05, 0.1) is 11.6 Å². The second kappa shape index (κ2) is 6.06. The van der Waals surface area contributed by atoms with E-state index in [2.05, 4.69) is 10.1 Å². The van der Waals surface area contributed by atoms with E-state index in [1.807, 2.05) is 18.5 Å². The fourth-order valence-electron chi connectivity index (χ4n) is 3.05. The molecular formula is C16H18F2N4O. The van der Waals surface area contributed by atoms with Crippen molar-refractivity contribution in [1.82, 2.24) is 19.7 Å². The van der Waals surface area contributed by atoms with E-state index in [4.69, 9.17) is 0 Å². The molecule has 0 aliphatic carbocycles. The van der Waals surface area contributed by atoms with Crippen molar-refractivity contribution >= 4 is 5.91 Å². The SMILES string of the molecule is Cc1nc(C)n([C@@H]2CCCN(C(=O)c3ccc(F)cc3F)C2)n1. The van der Waals surface area contributed by atoms with Gasteiger partial charge in [-0.2, -0.15) is 5.10 Å². The number of aromatic nitrogens is 3. The maximum atomic E-state index is 13.8. The molecule has 1 saturated heterocycles.